The number of nitrogens with one attached hydrogen (secondary N) is 2. The molecule has 9 heteroatoms. The number of fused-ring (bicyclic) bond motifs is 1. The zero-order valence-electron chi connectivity index (χ0n) is 15.7. The van der Waals surface area contributed by atoms with Crippen LogP contribution in [0.15, 0.2) is 30.6 Å². The van der Waals surface area contributed by atoms with Crippen molar-refractivity contribution in [3.8, 4) is 0 Å². The molecule has 0 unspecified atom stereocenters. The molecule has 27 heavy (non-hydrogen) atoms. The third kappa shape index (κ3) is 4.08. The molecule has 0 bridgehead atoms. The molecule has 3 aromatic rings. The maximum atomic E-state index is 12.3. The lowest BCUT2D eigenvalue weighted by atomic mass is 10.2. The number of nitrogens with zero attached hydrogens (tertiary/aromatic N) is 4. The van der Waals surface area contributed by atoms with Crippen molar-refractivity contribution < 1.29 is 9.59 Å². The van der Waals surface area contributed by atoms with Crippen molar-refractivity contribution in [3.05, 3.63) is 41.3 Å². The van der Waals surface area contributed by atoms with Gasteiger partial charge in [0.15, 0.2) is 0 Å². The van der Waals surface area contributed by atoms with Crippen molar-refractivity contribution in [2.24, 2.45) is 0 Å². The third-order valence-electron chi connectivity index (χ3n) is 4.07. The molecule has 0 aliphatic rings. The third-order valence-corrected chi connectivity index (χ3v) is 5.18. The molecule has 0 radical (unpaired) electrons. The van der Waals surface area contributed by atoms with Gasteiger partial charge in [0.25, 0.3) is 5.91 Å². The number of aryl methyl sites for hydroxylation is 1. The zero-order valence-corrected chi connectivity index (χ0v) is 16.5. The molecule has 2 N–H and O–H groups in total. The van der Waals surface area contributed by atoms with E-state index in [4.69, 9.17) is 0 Å². The van der Waals surface area contributed by atoms with Gasteiger partial charge in [-0.3, -0.25) is 4.79 Å². The zero-order chi connectivity index (χ0) is 19.6. The normalized spacial score (nSPS) is 12.0. The summed E-state index contributed by atoms with van der Waals surface area (Å²) >= 11 is 1.44. The van der Waals surface area contributed by atoms with Crippen molar-refractivity contribution in [1.82, 2.24) is 25.0 Å². The Balaban J connectivity index is 1.70. The summed E-state index contributed by atoms with van der Waals surface area (Å²) in [5.74, 6) is 0.671. The van der Waals surface area contributed by atoms with Gasteiger partial charge < -0.3 is 15.5 Å². The molecule has 0 fully saturated rings. The Labute approximate surface area is 161 Å². The summed E-state index contributed by atoms with van der Waals surface area (Å²) in [6.45, 7) is 4.51. The average molecular weight is 386 g/mol. The van der Waals surface area contributed by atoms with Gasteiger partial charge in [0, 0.05) is 31.0 Å². The Morgan fingerprint density at radius 3 is 2.78 bits per heavy atom. The molecule has 1 aromatic carbocycles. The van der Waals surface area contributed by atoms with Crippen LogP contribution in [-0.4, -0.2) is 45.7 Å². The Kier molecular flexibility index (Phi) is 5.41. The fourth-order valence-electron chi connectivity index (χ4n) is 2.73. The summed E-state index contributed by atoms with van der Waals surface area (Å²) in [6, 6.07) is 6.82. The molecule has 2 heterocycles. The highest BCUT2D eigenvalue weighted by atomic mass is 32.1. The van der Waals surface area contributed by atoms with E-state index in [0.717, 1.165) is 10.1 Å². The number of anilines is 1. The standard InChI is InChI=1S/C18H22N6O2S/c1-5-24-16(19-10-20-24)11(2)21-18(26)22-13-6-7-14-12(8-13)9-15(27-14)17(25)23(3)4/h6-11H,5H2,1-4H3,(H2,21,22,26)/t11-/m1/s1. The predicted molar refractivity (Wildman–Crippen MR) is 106 cm³/mol. The summed E-state index contributed by atoms with van der Waals surface area (Å²) in [6.07, 6.45) is 1.48. The Bertz CT molecular complexity index is 977. The van der Waals surface area contributed by atoms with Crippen LogP contribution in [0.25, 0.3) is 10.1 Å². The molecule has 2 aromatic heterocycles. The van der Waals surface area contributed by atoms with Crippen LogP contribution >= 0.6 is 11.3 Å². The van der Waals surface area contributed by atoms with E-state index >= 15 is 0 Å². The highest BCUT2D eigenvalue weighted by Gasteiger charge is 2.16. The van der Waals surface area contributed by atoms with Crippen molar-refractivity contribution in [2.45, 2.75) is 26.4 Å². The first-order chi connectivity index (χ1) is 12.9. The van der Waals surface area contributed by atoms with Gasteiger partial charge in [0.2, 0.25) is 0 Å². The molecule has 142 valence electrons. The minimum Gasteiger partial charge on any atom is -0.344 e. The number of carbonyl (C=O) groups excluding carboxylic acids is 2. The molecule has 8 nitrogen and oxygen atoms in total. The van der Waals surface area contributed by atoms with Crippen LogP contribution in [0, 0.1) is 0 Å². The van der Waals surface area contributed by atoms with Crippen LogP contribution in [0.1, 0.15) is 35.4 Å². The van der Waals surface area contributed by atoms with Gasteiger partial charge >= 0.3 is 6.03 Å². The molecule has 3 amide bonds. The first-order valence-electron chi connectivity index (χ1n) is 8.59. The topological polar surface area (TPSA) is 92.1 Å². The van der Waals surface area contributed by atoms with E-state index in [0.29, 0.717) is 22.9 Å². The highest BCUT2D eigenvalue weighted by molar-refractivity contribution is 7.20. The van der Waals surface area contributed by atoms with Crippen molar-refractivity contribution in [3.63, 3.8) is 0 Å². The number of rotatable bonds is 5. The number of amides is 3. The quantitative estimate of drug-likeness (QED) is 0.705. The minimum atomic E-state index is -0.327. The molecule has 0 saturated heterocycles. The van der Waals surface area contributed by atoms with Gasteiger partial charge in [-0.05, 0) is 43.5 Å². The van der Waals surface area contributed by atoms with Crippen LogP contribution in [0.2, 0.25) is 0 Å². The smallest absolute Gasteiger partial charge is 0.319 e. The molecule has 1 atom stereocenters. The van der Waals surface area contributed by atoms with Crippen LogP contribution < -0.4 is 10.6 Å². The van der Waals surface area contributed by atoms with Crippen molar-refractivity contribution >= 4 is 39.0 Å². The second-order valence-corrected chi connectivity index (χ2v) is 7.40. The summed E-state index contributed by atoms with van der Waals surface area (Å²) < 4.78 is 2.74. The number of hydrogen-bond donors (Lipinski definition) is 2. The number of aromatic nitrogens is 3. The second kappa shape index (κ2) is 7.75. The van der Waals surface area contributed by atoms with Gasteiger partial charge in [-0.1, -0.05) is 0 Å². The SMILES string of the molecule is CCn1ncnc1[C@@H](C)NC(=O)Nc1ccc2sc(C(=O)N(C)C)cc2c1. The molecule has 3 rings (SSSR count). The van der Waals surface area contributed by atoms with Gasteiger partial charge in [-0.15, -0.1) is 11.3 Å². The van der Waals surface area contributed by atoms with Crippen LogP contribution in [-0.2, 0) is 6.54 Å². The number of benzene rings is 1. The summed E-state index contributed by atoms with van der Waals surface area (Å²) in [5.41, 5.74) is 0.658. The monoisotopic (exact) mass is 386 g/mol. The maximum Gasteiger partial charge on any atom is 0.319 e. The Morgan fingerprint density at radius 2 is 2.07 bits per heavy atom. The largest absolute Gasteiger partial charge is 0.344 e. The van der Waals surface area contributed by atoms with E-state index in [1.807, 2.05) is 38.1 Å². The van der Waals surface area contributed by atoms with Gasteiger partial charge in [-0.25, -0.2) is 14.5 Å². The molecular weight excluding hydrogens is 364 g/mol. The van der Waals surface area contributed by atoms with E-state index in [-0.39, 0.29) is 18.0 Å². The molecule has 0 aliphatic heterocycles. The summed E-state index contributed by atoms with van der Waals surface area (Å²) in [5, 5.41) is 10.7. The number of carbonyl (C=O) groups is 2. The number of urea groups is 1. The molecule has 0 saturated carbocycles. The van der Waals surface area contributed by atoms with Crippen molar-refractivity contribution in [1.29, 1.82) is 0 Å². The summed E-state index contributed by atoms with van der Waals surface area (Å²) in [7, 11) is 3.45. The van der Waals surface area contributed by atoms with Crippen molar-refractivity contribution in [2.75, 3.05) is 19.4 Å². The first kappa shape index (κ1) is 18.8. The molecular formula is C18H22N6O2S. The molecule has 0 spiro atoms. The minimum absolute atomic E-state index is 0.0303. The van der Waals surface area contributed by atoms with Gasteiger partial charge in [0.1, 0.15) is 12.2 Å². The second-order valence-electron chi connectivity index (χ2n) is 6.32. The maximum absolute atomic E-state index is 12.3. The van der Waals surface area contributed by atoms with E-state index in [1.165, 1.54) is 17.7 Å². The van der Waals surface area contributed by atoms with Gasteiger partial charge in [-0.2, -0.15) is 5.10 Å². The lowest BCUT2D eigenvalue weighted by Crippen LogP contribution is -2.32. The fraction of sp³-hybridized carbons (Fsp3) is 0.333. The molecule has 0 aliphatic carbocycles. The van der Waals surface area contributed by atoms with E-state index in [1.54, 1.807) is 23.7 Å². The van der Waals surface area contributed by atoms with Gasteiger partial charge in [0.05, 0.1) is 10.9 Å². The first-order valence-corrected chi connectivity index (χ1v) is 9.41. The van der Waals surface area contributed by atoms with E-state index in [2.05, 4.69) is 20.7 Å². The number of hydrogen-bond acceptors (Lipinski definition) is 5. The lowest BCUT2D eigenvalue weighted by Gasteiger charge is -2.14. The van der Waals surface area contributed by atoms with E-state index < -0.39 is 0 Å². The van der Waals surface area contributed by atoms with Crippen LogP contribution in [0.5, 0.6) is 0 Å². The lowest BCUT2D eigenvalue weighted by molar-refractivity contribution is 0.0832. The number of thiophene rings is 1. The average Bonchev–Trinajstić information content (AvgIpc) is 3.26. The predicted octanol–water partition coefficient (Wildman–Crippen LogP) is 3.10. The fourth-order valence-corrected chi connectivity index (χ4v) is 3.79. The van der Waals surface area contributed by atoms with Crippen LogP contribution in [0.4, 0.5) is 10.5 Å². The van der Waals surface area contributed by atoms with E-state index in [9.17, 15) is 9.59 Å². The Hall–Kier alpha value is -2.94. The highest BCUT2D eigenvalue weighted by Crippen LogP contribution is 2.28. The summed E-state index contributed by atoms with van der Waals surface area (Å²) in [4.78, 5) is 30.8. The Morgan fingerprint density at radius 1 is 1.30 bits per heavy atom. The van der Waals surface area contributed by atoms with Crippen LogP contribution in [0.3, 0.4) is 0 Å².